The number of halogens is 3. The van der Waals surface area contributed by atoms with E-state index < -0.39 is 11.7 Å². The Labute approximate surface area is 168 Å². The Balaban J connectivity index is 1.61. The molecule has 0 bridgehead atoms. The molecule has 2 aromatic rings. The van der Waals surface area contributed by atoms with E-state index >= 15 is 0 Å². The molecule has 0 spiro atoms. The molecule has 2 heterocycles. The first kappa shape index (κ1) is 21.2. The third kappa shape index (κ3) is 4.55. The van der Waals surface area contributed by atoms with Crippen LogP contribution in [0, 0.1) is 13.8 Å². The second kappa shape index (κ2) is 8.06. The second-order valence-corrected chi connectivity index (χ2v) is 7.57. The fourth-order valence-electron chi connectivity index (χ4n) is 3.74. The van der Waals surface area contributed by atoms with Crippen LogP contribution in [0.2, 0.25) is 0 Å². The van der Waals surface area contributed by atoms with Crippen molar-refractivity contribution in [1.82, 2.24) is 9.78 Å². The Morgan fingerprint density at radius 1 is 1.24 bits per heavy atom. The molecule has 0 radical (unpaired) electrons. The first-order valence-corrected chi connectivity index (χ1v) is 9.65. The largest absolute Gasteiger partial charge is 0.416 e. The van der Waals surface area contributed by atoms with Crippen LogP contribution in [0.15, 0.2) is 24.3 Å². The number of benzene rings is 1. The van der Waals surface area contributed by atoms with Gasteiger partial charge in [0.1, 0.15) is 0 Å². The number of hydrogen-bond donors (Lipinski definition) is 2. The van der Waals surface area contributed by atoms with E-state index in [0.29, 0.717) is 31.9 Å². The summed E-state index contributed by atoms with van der Waals surface area (Å²) in [6.45, 7) is 8.19. The fraction of sp³-hybridized carbons (Fsp3) is 0.500. The fourth-order valence-corrected chi connectivity index (χ4v) is 3.74. The first-order chi connectivity index (χ1) is 13.6. The van der Waals surface area contributed by atoms with Gasteiger partial charge in [-0.2, -0.15) is 18.3 Å². The number of alkyl halides is 3. The average Bonchev–Trinajstić information content (AvgIpc) is 2.93. The number of piperazine rings is 1. The molecule has 29 heavy (non-hydrogen) atoms. The lowest BCUT2D eigenvalue weighted by Gasteiger charge is -2.36. The maximum atomic E-state index is 13.0. The van der Waals surface area contributed by atoms with Gasteiger partial charge in [-0.3, -0.25) is 9.48 Å². The van der Waals surface area contributed by atoms with Crippen molar-refractivity contribution >= 4 is 17.3 Å². The molecule has 0 saturated carbocycles. The van der Waals surface area contributed by atoms with Gasteiger partial charge in [-0.1, -0.05) is 6.07 Å². The summed E-state index contributed by atoms with van der Waals surface area (Å²) in [6, 6.07) is 5.14. The molecule has 2 N–H and O–H groups in total. The summed E-state index contributed by atoms with van der Waals surface area (Å²) in [5.74, 6) is -0.0771. The Hall–Kier alpha value is -2.55. The van der Waals surface area contributed by atoms with Crippen LogP contribution in [0.1, 0.15) is 23.9 Å². The van der Waals surface area contributed by atoms with Crippen molar-refractivity contribution < 1.29 is 22.9 Å². The number of hydrogen-bond acceptors (Lipinski definition) is 3. The third-order valence-corrected chi connectivity index (χ3v) is 5.71. The van der Waals surface area contributed by atoms with Gasteiger partial charge in [0, 0.05) is 12.7 Å². The lowest BCUT2D eigenvalue weighted by atomic mass is 10.1. The predicted molar refractivity (Wildman–Crippen MR) is 105 cm³/mol. The molecule has 1 aliphatic rings. The highest BCUT2D eigenvalue weighted by atomic mass is 19.4. The molecule has 1 amide bonds. The molecule has 6 nitrogen and oxygen atoms in total. The molecular formula is C20H27F3N5O+. The summed E-state index contributed by atoms with van der Waals surface area (Å²) in [7, 11) is 1.83. The van der Waals surface area contributed by atoms with E-state index in [1.165, 1.54) is 12.1 Å². The number of aromatic nitrogens is 2. The zero-order valence-electron chi connectivity index (χ0n) is 17.1. The molecule has 3 rings (SSSR count). The second-order valence-electron chi connectivity index (χ2n) is 7.57. The zero-order chi connectivity index (χ0) is 21.3. The molecule has 1 aliphatic heterocycles. The van der Waals surface area contributed by atoms with Gasteiger partial charge in [0.05, 0.1) is 48.8 Å². The van der Waals surface area contributed by atoms with Crippen LogP contribution in [-0.2, 0) is 18.0 Å². The number of carbonyl (C=O) groups is 1. The number of quaternary nitrogens is 1. The normalized spacial score (nSPS) is 16.7. The highest BCUT2D eigenvalue weighted by Gasteiger charge is 2.33. The van der Waals surface area contributed by atoms with Gasteiger partial charge in [-0.15, -0.1) is 0 Å². The van der Waals surface area contributed by atoms with E-state index in [9.17, 15) is 18.0 Å². The molecule has 1 saturated heterocycles. The van der Waals surface area contributed by atoms with Crippen LogP contribution in [-0.4, -0.2) is 47.9 Å². The standard InChI is InChI=1S/C20H26F3N5O/c1-13-18(14(2)26(4)25-13)24-19(29)15(3)27-8-10-28(11-9-27)17-7-5-6-16(12-17)20(21,22)23/h5-7,12,15H,8-11H2,1-4H3,(H,24,29)/p+1/t15-/m0/s1. The van der Waals surface area contributed by atoms with Gasteiger partial charge >= 0.3 is 6.18 Å². The third-order valence-electron chi connectivity index (χ3n) is 5.71. The molecule has 158 valence electrons. The molecule has 0 unspecified atom stereocenters. The molecule has 1 aromatic carbocycles. The van der Waals surface area contributed by atoms with Crippen molar-refractivity contribution in [2.45, 2.75) is 33.0 Å². The summed E-state index contributed by atoms with van der Waals surface area (Å²) < 4.78 is 40.6. The number of carbonyl (C=O) groups excluding carboxylic acids is 1. The Bertz CT molecular complexity index is 885. The van der Waals surface area contributed by atoms with Crippen molar-refractivity contribution in [2.75, 3.05) is 36.4 Å². The monoisotopic (exact) mass is 410 g/mol. The maximum absolute atomic E-state index is 13.0. The summed E-state index contributed by atoms with van der Waals surface area (Å²) in [4.78, 5) is 15.8. The van der Waals surface area contributed by atoms with E-state index in [2.05, 4.69) is 10.4 Å². The average molecular weight is 410 g/mol. The minimum absolute atomic E-state index is 0.0771. The highest BCUT2D eigenvalue weighted by Crippen LogP contribution is 2.31. The number of aryl methyl sites for hydroxylation is 2. The predicted octanol–water partition coefficient (Wildman–Crippen LogP) is 1.79. The lowest BCUT2D eigenvalue weighted by Crippen LogP contribution is -3.19. The minimum atomic E-state index is -4.35. The summed E-state index contributed by atoms with van der Waals surface area (Å²) in [6.07, 6.45) is -4.35. The molecule has 0 aliphatic carbocycles. The van der Waals surface area contributed by atoms with Gasteiger partial charge in [-0.05, 0) is 39.0 Å². The van der Waals surface area contributed by atoms with Gasteiger partial charge in [0.25, 0.3) is 5.91 Å². The van der Waals surface area contributed by atoms with Crippen molar-refractivity contribution in [1.29, 1.82) is 0 Å². The van der Waals surface area contributed by atoms with Crippen molar-refractivity contribution in [2.24, 2.45) is 7.05 Å². The van der Waals surface area contributed by atoms with E-state index in [-0.39, 0.29) is 11.9 Å². The highest BCUT2D eigenvalue weighted by molar-refractivity contribution is 5.94. The molecule has 1 aromatic heterocycles. The van der Waals surface area contributed by atoms with E-state index in [0.717, 1.165) is 28.0 Å². The maximum Gasteiger partial charge on any atom is 0.416 e. The Morgan fingerprint density at radius 2 is 1.90 bits per heavy atom. The van der Waals surface area contributed by atoms with E-state index in [1.54, 1.807) is 10.7 Å². The number of amides is 1. The Kier molecular flexibility index (Phi) is 5.88. The molecule has 9 heteroatoms. The summed E-state index contributed by atoms with van der Waals surface area (Å²) >= 11 is 0. The van der Waals surface area contributed by atoms with Crippen LogP contribution < -0.4 is 15.1 Å². The van der Waals surface area contributed by atoms with Crippen molar-refractivity contribution in [3.63, 3.8) is 0 Å². The van der Waals surface area contributed by atoms with Crippen LogP contribution in [0.4, 0.5) is 24.5 Å². The quantitative estimate of drug-likeness (QED) is 0.808. The summed E-state index contributed by atoms with van der Waals surface area (Å²) in [5.41, 5.74) is 2.34. The van der Waals surface area contributed by atoms with Crippen LogP contribution in [0.25, 0.3) is 0 Å². The summed E-state index contributed by atoms with van der Waals surface area (Å²) in [5, 5.41) is 7.29. The van der Waals surface area contributed by atoms with Crippen molar-refractivity contribution in [3.05, 3.63) is 41.2 Å². The Morgan fingerprint density at radius 3 is 2.45 bits per heavy atom. The van der Waals surface area contributed by atoms with Gasteiger partial charge < -0.3 is 15.1 Å². The van der Waals surface area contributed by atoms with Crippen molar-refractivity contribution in [3.8, 4) is 0 Å². The van der Waals surface area contributed by atoms with Gasteiger partial charge in [0.2, 0.25) is 0 Å². The number of rotatable bonds is 4. The smallest absolute Gasteiger partial charge is 0.360 e. The van der Waals surface area contributed by atoms with E-state index in [4.69, 9.17) is 0 Å². The molecule has 1 fully saturated rings. The minimum Gasteiger partial charge on any atom is -0.360 e. The number of nitrogens with zero attached hydrogens (tertiary/aromatic N) is 3. The topological polar surface area (TPSA) is 54.6 Å². The lowest BCUT2D eigenvalue weighted by molar-refractivity contribution is -0.914. The van der Waals surface area contributed by atoms with E-state index in [1.807, 2.05) is 32.7 Å². The SMILES string of the molecule is Cc1nn(C)c(C)c1NC(=O)[C@H](C)[NH+]1CCN(c2cccc(C(F)(F)F)c2)CC1. The molecule has 1 atom stereocenters. The number of nitrogens with one attached hydrogen (secondary N) is 2. The first-order valence-electron chi connectivity index (χ1n) is 9.65. The van der Waals surface area contributed by atoms with Gasteiger partial charge in [0.15, 0.2) is 6.04 Å². The van der Waals surface area contributed by atoms with Crippen LogP contribution in [0.5, 0.6) is 0 Å². The van der Waals surface area contributed by atoms with Crippen LogP contribution >= 0.6 is 0 Å². The van der Waals surface area contributed by atoms with Crippen LogP contribution in [0.3, 0.4) is 0 Å². The van der Waals surface area contributed by atoms with Gasteiger partial charge in [-0.25, -0.2) is 0 Å². The zero-order valence-corrected chi connectivity index (χ0v) is 17.1. The number of anilines is 2. The molecular weight excluding hydrogens is 383 g/mol.